The minimum atomic E-state index is -2.26. The lowest BCUT2D eigenvalue weighted by molar-refractivity contribution is 0.0177. The van der Waals surface area contributed by atoms with Crippen LogP contribution in [0, 0.1) is 11.7 Å². The molecule has 41 heavy (non-hydrogen) atoms. The molecule has 222 valence electrons. The molecule has 0 bridgehead atoms. The Bertz CT molecular complexity index is 1430. The zero-order valence-electron chi connectivity index (χ0n) is 24.0. The number of piperidine rings is 1. The molecule has 12 heteroatoms. The number of nitrogens with zero attached hydrogens (tertiary/aromatic N) is 3. The van der Waals surface area contributed by atoms with Gasteiger partial charge in [0.15, 0.2) is 0 Å². The molecule has 3 heterocycles. The molecule has 10 nitrogen and oxygen atoms in total. The second-order valence-corrected chi connectivity index (χ2v) is 12.1. The van der Waals surface area contributed by atoms with Crippen molar-refractivity contribution in [3.05, 3.63) is 53.0 Å². The van der Waals surface area contributed by atoms with E-state index in [-0.39, 0.29) is 35.9 Å². The number of pyridine rings is 1. The fourth-order valence-corrected chi connectivity index (χ4v) is 5.53. The van der Waals surface area contributed by atoms with Gasteiger partial charge in [0.05, 0.1) is 23.2 Å². The number of likely N-dealkylation sites (tertiary alicyclic amines) is 1. The first-order valence-electron chi connectivity index (χ1n) is 13.7. The van der Waals surface area contributed by atoms with Crippen LogP contribution in [0.5, 0.6) is 0 Å². The highest BCUT2D eigenvalue weighted by Crippen LogP contribution is 2.34. The molecule has 0 saturated carbocycles. The topological polar surface area (TPSA) is 125 Å². The molecular weight excluding hydrogens is 551 g/mol. The zero-order chi connectivity index (χ0) is 29.9. The van der Waals surface area contributed by atoms with Gasteiger partial charge in [-0.05, 0) is 81.8 Å². The monoisotopic (exact) mass is 588 g/mol. The van der Waals surface area contributed by atoms with Crippen molar-refractivity contribution < 1.29 is 31.9 Å². The Hall–Kier alpha value is -3.35. The predicted molar refractivity (Wildman–Crippen MR) is 154 cm³/mol. The number of aryl methyl sites for hydroxylation is 1. The summed E-state index contributed by atoms with van der Waals surface area (Å²) in [7, 11) is 1.52. The van der Waals surface area contributed by atoms with Crippen LogP contribution in [0.25, 0.3) is 22.4 Å². The molecule has 0 radical (unpaired) electrons. The highest BCUT2D eigenvalue weighted by molar-refractivity contribution is 7.76. The average Bonchev–Trinajstić information content (AvgIpc) is 3.29. The molecule has 2 aromatic heterocycles. The number of fused-ring (bicyclic) bond motifs is 1. The number of carbonyl (C=O) groups is 2. The normalized spacial score (nSPS) is 15.4. The van der Waals surface area contributed by atoms with Crippen LogP contribution >= 0.6 is 0 Å². The average molecular weight is 589 g/mol. The van der Waals surface area contributed by atoms with Gasteiger partial charge in [-0.1, -0.05) is 6.92 Å². The summed E-state index contributed by atoms with van der Waals surface area (Å²) in [5, 5.41) is 3.14. The lowest BCUT2D eigenvalue weighted by Gasteiger charge is -2.34. The Morgan fingerprint density at radius 3 is 2.46 bits per heavy atom. The van der Waals surface area contributed by atoms with Crippen LogP contribution in [0.15, 0.2) is 34.7 Å². The van der Waals surface area contributed by atoms with Crippen LogP contribution in [0.1, 0.15) is 62.2 Å². The molecule has 0 aliphatic carbocycles. The quantitative estimate of drug-likeness (QED) is 0.349. The van der Waals surface area contributed by atoms with Crippen molar-refractivity contribution in [1.29, 1.82) is 0 Å². The number of furan rings is 1. The summed E-state index contributed by atoms with van der Waals surface area (Å²) in [6.45, 7) is 8.88. The maximum atomic E-state index is 13.6. The molecule has 1 aliphatic heterocycles. The number of carbonyl (C=O) groups excluding carboxylic acids is 2. The van der Waals surface area contributed by atoms with Gasteiger partial charge >= 0.3 is 6.09 Å². The fraction of sp³-hybridized carbons (Fsp3) is 0.483. The van der Waals surface area contributed by atoms with Crippen molar-refractivity contribution in [3.63, 3.8) is 0 Å². The van der Waals surface area contributed by atoms with Crippen molar-refractivity contribution in [2.45, 2.75) is 59.1 Å². The minimum Gasteiger partial charge on any atom is -0.444 e. The SMILES string of the molecule is CCc1cc2c(C(=O)NC)c(-c3ccc(F)cc3)oc2nc1CN(CC1CCN(C(=O)OC(C)(C)C)CC1)S(=O)O. The molecule has 1 aliphatic rings. The molecule has 1 aromatic carbocycles. The van der Waals surface area contributed by atoms with Gasteiger partial charge in [0.2, 0.25) is 17.0 Å². The first-order valence-corrected chi connectivity index (χ1v) is 14.7. The van der Waals surface area contributed by atoms with E-state index < -0.39 is 22.7 Å². The van der Waals surface area contributed by atoms with E-state index in [9.17, 15) is 22.7 Å². The van der Waals surface area contributed by atoms with Crippen LogP contribution in [0.2, 0.25) is 0 Å². The third-order valence-electron chi connectivity index (χ3n) is 7.07. The molecule has 2 N–H and O–H groups in total. The summed E-state index contributed by atoms with van der Waals surface area (Å²) in [5.74, 6) is -0.402. The lowest BCUT2D eigenvalue weighted by atomic mass is 9.97. The number of benzene rings is 1. The second kappa shape index (κ2) is 12.7. The molecular formula is C29H37FN4O6S. The number of amides is 2. The maximum absolute atomic E-state index is 13.6. The van der Waals surface area contributed by atoms with E-state index >= 15 is 0 Å². The summed E-state index contributed by atoms with van der Waals surface area (Å²) < 4.78 is 49.1. The fourth-order valence-electron chi connectivity index (χ4n) is 4.96. The smallest absolute Gasteiger partial charge is 0.410 e. The zero-order valence-corrected chi connectivity index (χ0v) is 24.8. The van der Waals surface area contributed by atoms with E-state index in [2.05, 4.69) is 5.32 Å². The highest BCUT2D eigenvalue weighted by atomic mass is 32.2. The number of hydrogen-bond donors (Lipinski definition) is 2. The van der Waals surface area contributed by atoms with Crippen LogP contribution in [-0.4, -0.2) is 67.2 Å². The molecule has 1 saturated heterocycles. The third-order valence-corrected chi connectivity index (χ3v) is 7.79. The Labute approximate surface area is 241 Å². The van der Waals surface area contributed by atoms with Gasteiger partial charge in [0.25, 0.3) is 5.91 Å². The van der Waals surface area contributed by atoms with Gasteiger partial charge in [-0.25, -0.2) is 18.4 Å². The number of ether oxygens (including phenoxy) is 1. The summed E-state index contributed by atoms with van der Waals surface area (Å²) in [6.07, 6.45) is 1.57. The van der Waals surface area contributed by atoms with Crippen molar-refractivity contribution in [3.8, 4) is 11.3 Å². The van der Waals surface area contributed by atoms with Gasteiger partial charge < -0.3 is 19.4 Å². The molecule has 1 fully saturated rings. The van der Waals surface area contributed by atoms with Crippen LogP contribution < -0.4 is 5.32 Å². The van der Waals surface area contributed by atoms with Crippen molar-refractivity contribution in [2.75, 3.05) is 26.7 Å². The summed E-state index contributed by atoms with van der Waals surface area (Å²) >= 11 is -2.26. The van der Waals surface area contributed by atoms with Gasteiger partial charge in [-0.2, -0.15) is 4.31 Å². The molecule has 1 unspecified atom stereocenters. The lowest BCUT2D eigenvalue weighted by Crippen LogP contribution is -2.44. The Kier molecular flexibility index (Phi) is 9.45. The largest absolute Gasteiger partial charge is 0.444 e. The van der Waals surface area contributed by atoms with Gasteiger partial charge in [0, 0.05) is 32.2 Å². The summed E-state index contributed by atoms with van der Waals surface area (Å²) in [5.41, 5.74) is 1.84. The Morgan fingerprint density at radius 1 is 1.24 bits per heavy atom. The van der Waals surface area contributed by atoms with Crippen LogP contribution in [-0.2, 0) is 29.0 Å². The molecule has 1 atom stereocenters. The second-order valence-electron chi connectivity index (χ2n) is 11.2. The summed E-state index contributed by atoms with van der Waals surface area (Å²) in [6, 6.07) is 7.48. The van der Waals surface area contributed by atoms with Crippen molar-refractivity contribution >= 4 is 34.4 Å². The Morgan fingerprint density at radius 2 is 1.90 bits per heavy atom. The van der Waals surface area contributed by atoms with Crippen molar-refractivity contribution in [1.82, 2.24) is 19.5 Å². The Balaban J connectivity index is 1.57. The third kappa shape index (κ3) is 7.30. The standard InChI is InChI=1S/C29H37FN4O6S/c1-6-19-15-22-24(26(35)31-5)25(20-7-9-21(30)10-8-20)39-27(22)32-23(19)17-34(41(37)38)16-18-11-13-33(14-12-18)28(36)40-29(2,3)4/h7-10,15,18H,6,11-14,16-17H2,1-5H3,(H,31,35)(H,37,38). The summed E-state index contributed by atoms with van der Waals surface area (Å²) in [4.78, 5) is 31.6. The first-order chi connectivity index (χ1) is 19.4. The van der Waals surface area contributed by atoms with E-state index in [1.54, 1.807) is 4.90 Å². The number of nitrogens with one attached hydrogen (secondary N) is 1. The van der Waals surface area contributed by atoms with Gasteiger partial charge in [-0.3, -0.25) is 9.35 Å². The van der Waals surface area contributed by atoms with E-state index in [0.717, 1.165) is 5.56 Å². The molecule has 3 aromatic rings. The first kappa shape index (κ1) is 30.6. The van der Waals surface area contributed by atoms with Crippen LogP contribution in [0.4, 0.5) is 9.18 Å². The van der Waals surface area contributed by atoms with E-state index in [1.807, 2.05) is 33.8 Å². The maximum Gasteiger partial charge on any atom is 0.410 e. The number of halogens is 1. The van der Waals surface area contributed by atoms with E-state index in [1.165, 1.54) is 35.6 Å². The number of aromatic nitrogens is 1. The highest BCUT2D eigenvalue weighted by Gasteiger charge is 2.30. The minimum absolute atomic E-state index is 0.0936. The van der Waals surface area contributed by atoms with Gasteiger partial charge in [0.1, 0.15) is 17.2 Å². The van der Waals surface area contributed by atoms with E-state index in [4.69, 9.17) is 14.1 Å². The molecule has 0 spiro atoms. The van der Waals surface area contributed by atoms with E-state index in [0.29, 0.717) is 61.1 Å². The number of hydrogen-bond acceptors (Lipinski definition) is 6. The van der Waals surface area contributed by atoms with Crippen LogP contribution in [0.3, 0.4) is 0 Å². The predicted octanol–water partition coefficient (Wildman–Crippen LogP) is 5.14. The molecule has 2 amide bonds. The van der Waals surface area contributed by atoms with Crippen molar-refractivity contribution in [2.24, 2.45) is 5.92 Å². The number of rotatable bonds is 8. The molecule has 4 rings (SSSR count). The van der Waals surface area contributed by atoms with Gasteiger partial charge in [-0.15, -0.1) is 0 Å².